The number of morpholine rings is 1. The molecule has 0 aliphatic carbocycles. The third kappa shape index (κ3) is 5.44. The normalized spacial score (nSPS) is 15.6. The van der Waals surface area contributed by atoms with Crippen LogP contribution in [0.5, 0.6) is 5.75 Å². The van der Waals surface area contributed by atoms with Gasteiger partial charge in [-0.2, -0.15) is 13.2 Å². The van der Waals surface area contributed by atoms with E-state index in [4.69, 9.17) is 9.47 Å². The summed E-state index contributed by atoms with van der Waals surface area (Å²) >= 11 is 0. The van der Waals surface area contributed by atoms with Crippen molar-refractivity contribution in [3.63, 3.8) is 0 Å². The Kier molecular flexibility index (Phi) is 6.87. The number of nitrogens with one attached hydrogen (secondary N) is 1. The van der Waals surface area contributed by atoms with E-state index in [1.54, 1.807) is 24.3 Å². The average molecular weight is 422 g/mol. The van der Waals surface area contributed by atoms with Crippen LogP contribution >= 0.6 is 0 Å². The number of amides is 1. The van der Waals surface area contributed by atoms with Crippen LogP contribution in [0.15, 0.2) is 42.5 Å². The number of carbonyl (C=O) groups excluding carboxylic acids is 1. The maximum atomic E-state index is 13.2. The summed E-state index contributed by atoms with van der Waals surface area (Å²) in [7, 11) is 0. The summed E-state index contributed by atoms with van der Waals surface area (Å²) in [5.41, 5.74) is 0.140. The first kappa shape index (κ1) is 22.0. The third-order valence-electron chi connectivity index (χ3n) is 4.93. The maximum Gasteiger partial charge on any atom is 0.416 e. The van der Waals surface area contributed by atoms with E-state index in [1.165, 1.54) is 6.07 Å². The van der Waals surface area contributed by atoms with Gasteiger partial charge in [0, 0.05) is 18.7 Å². The van der Waals surface area contributed by atoms with Gasteiger partial charge in [-0.05, 0) is 49.7 Å². The van der Waals surface area contributed by atoms with Gasteiger partial charge in [-0.1, -0.05) is 13.0 Å². The SMILES string of the molecule is CC[C@@H](C)Oc1cccc(C(=O)Nc2cc(C(F)(F)F)ccc2N2CCOCC2)c1. The number of ether oxygens (including phenoxy) is 2. The highest BCUT2D eigenvalue weighted by atomic mass is 19.4. The molecule has 3 rings (SSSR count). The fourth-order valence-corrected chi connectivity index (χ4v) is 3.11. The summed E-state index contributed by atoms with van der Waals surface area (Å²) in [5, 5.41) is 2.65. The van der Waals surface area contributed by atoms with Crippen LogP contribution in [0.2, 0.25) is 0 Å². The molecule has 0 spiro atoms. The molecule has 1 N–H and O–H groups in total. The number of halogens is 3. The molecule has 1 heterocycles. The molecular weight excluding hydrogens is 397 g/mol. The zero-order chi connectivity index (χ0) is 21.7. The van der Waals surface area contributed by atoms with Crippen molar-refractivity contribution in [2.45, 2.75) is 32.5 Å². The molecule has 0 bridgehead atoms. The van der Waals surface area contributed by atoms with Gasteiger partial charge in [0.1, 0.15) is 5.75 Å². The maximum absolute atomic E-state index is 13.2. The molecule has 1 atom stereocenters. The largest absolute Gasteiger partial charge is 0.491 e. The average Bonchev–Trinajstić information content (AvgIpc) is 2.73. The molecule has 1 aliphatic heterocycles. The van der Waals surface area contributed by atoms with Gasteiger partial charge in [-0.15, -0.1) is 0 Å². The molecule has 5 nitrogen and oxygen atoms in total. The highest BCUT2D eigenvalue weighted by Crippen LogP contribution is 2.36. The molecule has 1 saturated heterocycles. The smallest absolute Gasteiger partial charge is 0.416 e. The van der Waals surface area contributed by atoms with Crippen molar-refractivity contribution in [1.82, 2.24) is 0 Å². The Labute approximate surface area is 173 Å². The van der Waals surface area contributed by atoms with Crippen LogP contribution in [0.3, 0.4) is 0 Å². The van der Waals surface area contributed by atoms with Gasteiger partial charge in [0.2, 0.25) is 0 Å². The molecule has 30 heavy (non-hydrogen) atoms. The van der Waals surface area contributed by atoms with Crippen molar-refractivity contribution in [3.05, 3.63) is 53.6 Å². The molecule has 1 aliphatic rings. The number of hydrogen-bond acceptors (Lipinski definition) is 4. The molecule has 2 aromatic rings. The number of hydrogen-bond donors (Lipinski definition) is 1. The van der Waals surface area contributed by atoms with Crippen molar-refractivity contribution in [1.29, 1.82) is 0 Å². The first-order chi connectivity index (χ1) is 14.3. The number of anilines is 2. The van der Waals surface area contributed by atoms with E-state index in [1.807, 2.05) is 18.7 Å². The van der Waals surface area contributed by atoms with Crippen molar-refractivity contribution in [2.75, 3.05) is 36.5 Å². The monoisotopic (exact) mass is 422 g/mol. The van der Waals surface area contributed by atoms with E-state index in [2.05, 4.69) is 5.32 Å². The van der Waals surface area contributed by atoms with Gasteiger partial charge in [0.15, 0.2) is 0 Å². The second-order valence-electron chi connectivity index (χ2n) is 7.15. The molecule has 8 heteroatoms. The van der Waals surface area contributed by atoms with Gasteiger partial charge in [0.05, 0.1) is 36.3 Å². The fraction of sp³-hybridized carbons (Fsp3) is 0.409. The molecular formula is C22H25F3N2O3. The molecule has 0 aromatic heterocycles. The minimum Gasteiger partial charge on any atom is -0.491 e. The van der Waals surface area contributed by atoms with E-state index in [-0.39, 0.29) is 11.8 Å². The first-order valence-electron chi connectivity index (χ1n) is 9.90. The van der Waals surface area contributed by atoms with E-state index in [9.17, 15) is 18.0 Å². The van der Waals surface area contributed by atoms with E-state index >= 15 is 0 Å². The molecule has 0 unspecified atom stereocenters. The number of carbonyl (C=O) groups is 1. The molecule has 162 valence electrons. The Hall–Kier alpha value is -2.74. The third-order valence-corrected chi connectivity index (χ3v) is 4.93. The second kappa shape index (κ2) is 9.38. The van der Waals surface area contributed by atoms with Crippen molar-refractivity contribution < 1.29 is 27.4 Å². The van der Waals surface area contributed by atoms with Crippen LogP contribution in [0.25, 0.3) is 0 Å². The summed E-state index contributed by atoms with van der Waals surface area (Å²) in [4.78, 5) is 14.7. The highest BCUT2D eigenvalue weighted by molar-refractivity contribution is 6.06. The zero-order valence-electron chi connectivity index (χ0n) is 17.0. The van der Waals surface area contributed by atoms with Gasteiger partial charge < -0.3 is 19.7 Å². The Morgan fingerprint density at radius 1 is 1.20 bits per heavy atom. The number of rotatable bonds is 6. The lowest BCUT2D eigenvalue weighted by atomic mass is 10.1. The second-order valence-corrected chi connectivity index (χ2v) is 7.15. The molecule has 1 amide bonds. The zero-order valence-corrected chi connectivity index (χ0v) is 17.0. The first-order valence-corrected chi connectivity index (χ1v) is 9.90. The lowest BCUT2D eigenvalue weighted by Gasteiger charge is -2.31. The summed E-state index contributed by atoms with van der Waals surface area (Å²) < 4.78 is 50.8. The Morgan fingerprint density at radius 3 is 2.60 bits per heavy atom. The Balaban J connectivity index is 1.88. The van der Waals surface area contributed by atoms with E-state index in [0.717, 1.165) is 18.6 Å². The van der Waals surface area contributed by atoms with Crippen LogP contribution in [-0.4, -0.2) is 38.3 Å². The quantitative estimate of drug-likeness (QED) is 0.714. The molecule has 0 saturated carbocycles. The Bertz CT molecular complexity index is 880. The van der Waals surface area contributed by atoms with Gasteiger partial charge in [0.25, 0.3) is 5.91 Å². The van der Waals surface area contributed by atoms with Crippen LogP contribution in [-0.2, 0) is 10.9 Å². The standard InChI is InChI=1S/C22H25F3N2O3/c1-3-15(2)30-18-6-4-5-16(13-18)21(28)26-19-14-17(22(23,24)25)7-8-20(19)27-9-11-29-12-10-27/h4-8,13-15H,3,9-12H2,1-2H3,(H,26,28)/t15-/m1/s1. The summed E-state index contributed by atoms with van der Waals surface area (Å²) in [5.74, 6) is 0.0351. The lowest BCUT2D eigenvalue weighted by Crippen LogP contribution is -2.36. The van der Waals surface area contributed by atoms with E-state index in [0.29, 0.717) is 43.3 Å². The predicted octanol–water partition coefficient (Wildman–Crippen LogP) is 4.97. The van der Waals surface area contributed by atoms with Gasteiger partial charge >= 0.3 is 6.18 Å². The fourth-order valence-electron chi connectivity index (χ4n) is 3.11. The number of alkyl halides is 3. The van der Waals surface area contributed by atoms with Crippen molar-refractivity contribution in [3.8, 4) is 5.75 Å². The summed E-state index contributed by atoms with van der Waals surface area (Å²) in [6, 6.07) is 10.0. The van der Waals surface area contributed by atoms with Gasteiger partial charge in [-0.25, -0.2) is 0 Å². The van der Waals surface area contributed by atoms with E-state index < -0.39 is 17.6 Å². The van der Waals surface area contributed by atoms with Crippen LogP contribution in [0.4, 0.5) is 24.5 Å². The number of nitrogens with zero attached hydrogens (tertiary/aromatic N) is 1. The van der Waals surface area contributed by atoms with Crippen molar-refractivity contribution in [2.24, 2.45) is 0 Å². The number of benzene rings is 2. The Morgan fingerprint density at radius 2 is 1.93 bits per heavy atom. The lowest BCUT2D eigenvalue weighted by molar-refractivity contribution is -0.137. The summed E-state index contributed by atoms with van der Waals surface area (Å²) in [6.07, 6.45) is -3.71. The van der Waals surface area contributed by atoms with Gasteiger partial charge in [-0.3, -0.25) is 4.79 Å². The topological polar surface area (TPSA) is 50.8 Å². The predicted molar refractivity (Wildman–Crippen MR) is 109 cm³/mol. The van der Waals surface area contributed by atoms with Crippen LogP contribution in [0, 0.1) is 0 Å². The minimum absolute atomic E-state index is 0.0142. The summed E-state index contributed by atoms with van der Waals surface area (Å²) in [6.45, 7) is 5.93. The molecule has 0 radical (unpaired) electrons. The molecule has 2 aromatic carbocycles. The van der Waals surface area contributed by atoms with Crippen molar-refractivity contribution >= 4 is 17.3 Å². The highest BCUT2D eigenvalue weighted by Gasteiger charge is 2.32. The van der Waals surface area contributed by atoms with Crippen LogP contribution in [0.1, 0.15) is 36.2 Å². The van der Waals surface area contributed by atoms with Crippen LogP contribution < -0.4 is 15.0 Å². The minimum atomic E-state index is -4.51. The molecule has 1 fully saturated rings.